The van der Waals surface area contributed by atoms with E-state index in [0.29, 0.717) is 11.6 Å². The van der Waals surface area contributed by atoms with Crippen LogP contribution in [0.3, 0.4) is 0 Å². The first-order chi connectivity index (χ1) is 11.6. The molecule has 0 unspecified atom stereocenters. The van der Waals surface area contributed by atoms with Gasteiger partial charge in [-0.2, -0.15) is 0 Å². The van der Waals surface area contributed by atoms with E-state index in [1.54, 1.807) is 0 Å². The zero-order valence-electron chi connectivity index (χ0n) is 17.2. The molecule has 0 amide bonds. The largest absolute Gasteiger partial charge is 0.415 e. The van der Waals surface area contributed by atoms with Crippen molar-refractivity contribution in [1.29, 1.82) is 0 Å². The van der Waals surface area contributed by atoms with Gasteiger partial charge >= 0.3 is 0 Å². The van der Waals surface area contributed by atoms with Crippen molar-refractivity contribution >= 4 is 8.32 Å². The fraction of sp³-hybridized carbons (Fsp3) is 0.714. The average molecular weight is 361 g/mol. The first kappa shape index (κ1) is 19.1. The molecule has 0 aromatic heterocycles. The van der Waals surface area contributed by atoms with Crippen LogP contribution in [0.4, 0.5) is 0 Å². The Balaban J connectivity index is 1.76. The molecule has 1 aliphatic heterocycles. The standard InChI is InChI=1S/C21H36N2OSi/c1-20(2,3)25(6,7)24-16-19-21(22(4)5)13-18(21)15-23(19)14-17-11-9-8-10-12-17/h8-12,18-19H,13-16H2,1-7H3/t18-,19+,21+/m0/s1. The van der Waals surface area contributed by atoms with Crippen LogP contribution >= 0.6 is 0 Å². The zero-order chi connectivity index (χ0) is 18.5. The van der Waals surface area contributed by atoms with E-state index in [1.165, 1.54) is 18.5 Å². The monoisotopic (exact) mass is 360 g/mol. The van der Waals surface area contributed by atoms with E-state index in [-0.39, 0.29) is 5.04 Å². The predicted octanol–water partition coefficient (Wildman–Crippen LogP) is 4.21. The fourth-order valence-corrected chi connectivity index (χ4v) is 5.29. The van der Waals surface area contributed by atoms with E-state index < -0.39 is 8.32 Å². The summed E-state index contributed by atoms with van der Waals surface area (Å²) in [5, 5.41) is 0.268. The first-order valence-corrected chi connectivity index (χ1v) is 12.6. The van der Waals surface area contributed by atoms with Gasteiger partial charge in [0.25, 0.3) is 0 Å². The topological polar surface area (TPSA) is 15.7 Å². The molecule has 0 N–H and O–H groups in total. The lowest BCUT2D eigenvalue weighted by molar-refractivity contribution is 0.0826. The van der Waals surface area contributed by atoms with Crippen LogP contribution < -0.4 is 0 Å². The molecule has 1 saturated carbocycles. The highest BCUT2D eigenvalue weighted by Gasteiger charge is 2.67. The molecule has 3 atom stereocenters. The zero-order valence-corrected chi connectivity index (χ0v) is 18.2. The normalized spacial score (nSPS) is 29.9. The summed E-state index contributed by atoms with van der Waals surface area (Å²) in [7, 11) is 2.79. The molecule has 140 valence electrons. The van der Waals surface area contributed by atoms with Crippen LogP contribution in [0.5, 0.6) is 0 Å². The maximum absolute atomic E-state index is 6.69. The molecule has 0 radical (unpaired) electrons. The van der Waals surface area contributed by atoms with E-state index in [1.807, 2.05) is 0 Å². The van der Waals surface area contributed by atoms with Crippen LogP contribution in [-0.4, -0.2) is 56.9 Å². The molecular formula is C21H36N2OSi. The molecular weight excluding hydrogens is 324 g/mol. The Labute approximate surface area is 155 Å². The van der Waals surface area contributed by atoms with Gasteiger partial charge in [-0.25, -0.2) is 0 Å². The summed E-state index contributed by atoms with van der Waals surface area (Å²) in [4.78, 5) is 5.15. The van der Waals surface area contributed by atoms with Crippen LogP contribution in [-0.2, 0) is 11.0 Å². The predicted molar refractivity (Wildman–Crippen MR) is 108 cm³/mol. The van der Waals surface area contributed by atoms with Crippen molar-refractivity contribution in [1.82, 2.24) is 9.80 Å². The van der Waals surface area contributed by atoms with Crippen molar-refractivity contribution in [3.8, 4) is 0 Å². The minimum Gasteiger partial charge on any atom is -0.415 e. The summed E-state index contributed by atoms with van der Waals surface area (Å²) in [6.07, 6.45) is 1.33. The quantitative estimate of drug-likeness (QED) is 0.707. The molecule has 1 aromatic carbocycles. The summed E-state index contributed by atoms with van der Waals surface area (Å²) < 4.78 is 6.69. The van der Waals surface area contributed by atoms with Gasteiger partial charge in [-0.15, -0.1) is 0 Å². The lowest BCUT2D eigenvalue weighted by Crippen LogP contribution is -2.52. The number of piperidine rings is 1. The summed E-state index contributed by atoms with van der Waals surface area (Å²) in [5.74, 6) is 0.805. The van der Waals surface area contributed by atoms with Crippen LogP contribution in [0.25, 0.3) is 0 Å². The maximum Gasteiger partial charge on any atom is 0.192 e. The van der Waals surface area contributed by atoms with Crippen molar-refractivity contribution in [2.24, 2.45) is 5.92 Å². The van der Waals surface area contributed by atoms with Gasteiger partial charge in [-0.1, -0.05) is 51.1 Å². The van der Waals surface area contributed by atoms with Crippen LogP contribution in [0.15, 0.2) is 30.3 Å². The molecule has 3 nitrogen and oxygen atoms in total. The molecule has 3 rings (SSSR count). The minimum absolute atomic E-state index is 0.268. The van der Waals surface area contributed by atoms with Crippen molar-refractivity contribution in [2.45, 2.75) is 63.4 Å². The molecule has 1 aliphatic carbocycles. The Kier molecular flexibility index (Phi) is 4.95. The highest BCUT2D eigenvalue weighted by molar-refractivity contribution is 6.74. The lowest BCUT2D eigenvalue weighted by Gasteiger charge is -2.41. The summed E-state index contributed by atoms with van der Waals surface area (Å²) >= 11 is 0. The Morgan fingerprint density at radius 2 is 1.84 bits per heavy atom. The second-order valence-corrected chi connectivity index (χ2v) is 14.6. The molecule has 2 aliphatic rings. The van der Waals surface area contributed by atoms with Crippen molar-refractivity contribution in [3.63, 3.8) is 0 Å². The van der Waals surface area contributed by atoms with Gasteiger partial charge in [0, 0.05) is 18.6 Å². The van der Waals surface area contributed by atoms with Gasteiger partial charge in [-0.3, -0.25) is 4.90 Å². The van der Waals surface area contributed by atoms with Gasteiger partial charge in [0.05, 0.1) is 12.6 Å². The van der Waals surface area contributed by atoms with Crippen LogP contribution in [0.2, 0.25) is 18.1 Å². The minimum atomic E-state index is -1.72. The average Bonchev–Trinajstić information content (AvgIpc) is 3.15. The number of likely N-dealkylation sites (N-methyl/N-ethyl adjacent to an activating group) is 1. The fourth-order valence-electron chi connectivity index (χ4n) is 4.28. The van der Waals surface area contributed by atoms with E-state index >= 15 is 0 Å². The highest BCUT2D eigenvalue weighted by Crippen LogP contribution is 2.57. The van der Waals surface area contributed by atoms with Gasteiger partial charge in [0.2, 0.25) is 0 Å². The third-order valence-corrected chi connectivity index (χ3v) is 11.6. The van der Waals surface area contributed by atoms with Crippen molar-refractivity contribution in [2.75, 3.05) is 27.2 Å². The van der Waals surface area contributed by atoms with Crippen molar-refractivity contribution < 1.29 is 4.43 Å². The Morgan fingerprint density at radius 1 is 1.20 bits per heavy atom. The van der Waals surface area contributed by atoms with Crippen LogP contribution in [0.1, 0.15) is 32.8 Å². The van der Waals surface area contributed by atoms with Crippen LogP contribution in [0, 0.1) is 5.92 Å². The Bertz CT molecular complexity index is 596. The third kappa shape index (κ3) is 3.46. The molecule has 4 heteroatoms. The molecule has 0 bridgehead atoms. The Hall–Kier alpha value is -0.683. The molecule has 25 heavy (non-hydrogen) atoms. The molecule has 0 spiro atoms. The van der Waals surface area contributed by atoms with Crippen molar-refractivity contribution in [3.05, 3.63) is 35.9 Å². The maximum atomic E-state index is 6.69. The molecule has 2 fully saturated rings. The van der Waals surface area contributed by atoms with Gasteiger partial charge in [-0.05, 0) is 50.1 Å². The second-order valence-electron chi connectivity index (χ2n) is 9.79. The highest BCUT2D eigenvalue weighted by atomic mass is 28.4. The van der Waals surface area contributed by atoms with E-state index in [2.05, 4.69) is 88.1 Å². The molecule has 1 heterocycles. The smallest absolute Gasteiger partial charge is 0.192 e. The number of likely N-dealkylation sites (tertiary alicyclic amines) is 1. The number of nitrogens with zero attached hydrogens (tertiary/aromatic N) is 2. The molecule has 1 aromatic rings. The van der Waals surface area contributed by atoms with Gasteiger partial charge in [0.1, 0.15) is 0 Å². The SMILES string of the molecule is CN(C)[C@]12C[C@H]1CN(Cc1ccccc1)[C@@H]2CO[Si](C)(C)C(C)(C)C. The number of benzene rings is 1. The third-order valence-electron chi connectivity index (χ3n) is 7.06. The number of fused-ring (bicyclic) bond motifs is 1. The molecule has 1 saturated heterocycles. The summed E-state index contributed by atoms with van der Waals surface area (Å²) in [6.45, 7) is 14.9. The second kappa shape index (κ2) is 6.49. The first-order valence-electron chi connectivity index (χ1n) is 9.67. The van der Waals surface area contributed by atoms with Gasteiger partial charge in [0.15, 0.2) is 8.32 Å². The number of hydrogen-bond donors (Lipinski definition) is 0. The summed E-state index contributed by atoms with van der Waals surface area (Å²) in [5.41, 5.74) is 1.74. The van der Waals surface area contributed by atoms with E-state index in [9.17, 15) is 0 Å². The van der Waals surface area contributed by atoms with Gasteiger partial charge < -0.3 is 9.33 Å². The van der Waals surface area contributed by atoms with E-state index in [4.69, 9.17) is 4.43 Å². The number of hydrogen-bond acceptors (Lipinski definition) is 3. The Morgan fingerprint density at radius 3 is 2.40 bits per heavy atom. The lowest BCUT2D eigenvalue weighted by atomic mass is 10.1. The summed E-state index contributed by atoms with van der Waals surface area (Å²) in [6, 6.07) is 11.4. The van der Waals surface area contributed by atoms with E-state index in [0.717, 1.165) is 19.1 Å². The number of rotatable bonds is 6.